The predicted molar refractivity (Wildman–Crippen MR) is 67.0 cm³/mol. The molecule has 6 nitrogen and oxygen atoms in total. The first-order valence-corrected chi connectivity index (χ1v) is 6.34. The number of aromatic amines is 1. The van der Waals surface area contributed by atoms with Crippen LogP contribution in [-0.4, -0.2) is 25.1 Å². The molecular formula is C12H16N6. The molecule has 0 atom stereocenters. The van der Waals surface area contributed by atoms with E-state index in [0.717, 1.165) is 18.5 Å². The molecule has 3 rings (SSSR count). The number of nitrogens with one attached hydrogen (secondary N) is 2. The van der Waals surface area contributed by atoms with Crippen LogP contribution >= 0.6 is 0 Å². The SMILES string of the molecule is c1ncnc(NCc2n[nH]c3c2CCCCC3)n1. The fourth-order valence-corrected chi connectivity index (χ4v) is 2.37. The maximum Gasteiger partial charge on any atom is 0.225 e. The van der Waals surface area contributed by atoms with E-state index in [9.17, 15) is 0 Å². The molecule has 0 bridgehead atoms. The lowest BCUT2D eigenvalue weighted by Crippen LogP contribution is -2.06. The number of hydrogen-bond donors (Lipinski definition) is 2. The number of aryl methyl sites for hydroxylation is 1. The van der Waals surface area contributed by atoms with Crippen molar-refractivity contribution in [3.05, 3.63) is 29.6 Å². The highest BCUT2D eigenvalue weighted by atomic mass is 15.2. The molecule has 6 heteroatoms. The van der Waals surface area contributed by atoms with Gasteiger partial charge in [-0.2, -0.15) is 5.10 Å². The van der Waals surface area contributed by atoms with Gasteiger partial charge >= 0.3 is 0 Å². The average molecular weight is 244 g/mol. The van der Waals surface area contributed by atoms with Gasteiger partial charge in [0, 0.05) is 5.69 Å². The summed E-state index contributed by atoms with van der Waals surface area (Å²) in [6.07, 6.45) is 9.04. The van der Waals surface area contributed by atoms with Gasteiger partial charge in [-0.15, -0.1) is 0 Å². The summed E-state index contributed by atoms with van der Waals surface area (Å²) in [6, 6.07) is 0. The second-order valence-corrected chi connectivity index (χ2v) is 4.50. The van der Waals surface area contributed by atoms with E-state index in [4.69, 9.17) is 0 Å². The highest BCUT2D eigenvalue weighted by molar-refractivity contribution is 5.30. The van der Waals surface area contributed by atoms with E-state index in [1.165, 1.54) is 43.2 Å². The van der Waals surface area contributed by atoms with Gasteiger partial charge in [0.05, 0.1) is 12.2 Å². The van der Waals surface area contributed by atoms with Crippen molar-refractivity contribution < 1.29 is 0 Å². The minimum atomic E-state index is 0.593. The van der Waals surface area contributed by atoms with E-state index in [-0.39, 0.29) is 0 Å². The van der Waals surface area contributed by atoms with E-state index in [1.807, 2.05) is 0 Å². The Hall–Kier alpha value is -1.98. The van der Waals surface area contributed by atoms with E-state index in [2.05, 4.69) is 30.5 Å². The van der Waals surface area contributed by atoms with Crippen molar-refractivity contribution in [1.82, 2.24) is 25.1 Å². The zero-order valence-electron chi connectivity index (χ0n) is 10.2. The van der Waals surface area contributed by atoms with Crippen LogP contribution in [0.2, 0.25) is 0 Å². The van der Waals surface area contributed by atoms with Gasteiger partial charge in [0.1, 0.15) is 12.7 Å². The molecule has 1 aliphatic rings. The zero-order valence-corrected chi connectivity index (χ0v) is 10.2. The van der Waals surface area contributed by atoms with Gasteiger partial charge in [-0.1, -0.05) is 6.42 Å². The van der Waals surface area contributed by atoms with Crippen molar-refractivity contribution in [1.29, 1.82) is 0 Å². The molecule has 2 heterocycles. The number of hydrogen-bond acceptors (Lipinski definition) is 5. The molecule has 2 aromatic rings. The molecule has 0 aliphatic heterocycles. The lowest BCUT2D eigenvalue weighted by molar-refractivity contribution is 0.699. The molecule has 0 spiro atoms. The number of H-pyrrole nitrogens is 1. The van der Waals surface area contributed by atoms with Crippen LogP contribution < -0.4 is 5.32 Å². The summed E-state index contributed by atoms with van der Waals surface area (Å²) in [6.45, 7) is 0.663. The molecule has 94 valence electrons. The summed E-state index contributed by atoms with van der Waals surface area (Å²) in [5.41, 5.74) is 3.78. The van der Waals surface area contributed by atoms with Gasteiger partial charge in [0.25, 0.3) is 0 Å². The van der Waals surface area contributed by atoms with Crippen LogP contribution in [-0.2, 0) is 19.4 Å². The molecule has 0 aromatic carbocycles. The first-order chi connectivity index (χ1) is 8.93. The molecule has 0 amide bonds. The van der Waals surface area contributed by atoms with Gasteiger partial charge in [-0.25, -0.2) is 15.0 Å². The fraction of sp³-hybridized carbons (Fsp3) is 0.500. The number of aromatic nitrogens is 5. The van der Waals surface area contributed by atoms with Crippen LogP contribution in [0.1, 0.15) is 36.2 Å². The highest BCUT2D eigenvalue weighted by Gasteiger charge is 2.15. The van der Waals surface area contributed by atoms with Gasteiger partial charge in [-0.05, 0) is 31.2 Å². The van der Waals surface area contributed by atoms with Crippen LogP contribution in [0.25, 0.3) is 0 Å². The maximum absolute atomic E-state index is 4.40. The predicted octanol–water partition coefficient (Wildman–Crippen LogP) is 1.48. The number of nitrogens with zero attached hydrogens (tertiary/aromatic N) is 4. The molecule has 18 heavy (non-hydrogen) atoms. The quantitative estimate of drug-likeness (QED) is 0.799. The van der Waals surface area contributed by atoms with Crippen molar-refractivity contribution in [3.8, 4) is 0 Å². The van der Waals surface area contributed by atoms with Gasteiger partial charge in [-0.3, -0.25) is 5.10 Å². The lowest BCUT2D eigenvalue weighted by atomic mass is 10.1. The second kappa shape index (κ2) is 5.12. The Balaban J connectivity index is 1.72. The normalized spacial score (nSPS) is 14.9. The molecule has 0 saturated heterocycles. The Kier molecular flexibility index (Phi) is 3.16. The molecule has 2 aromatic heterocycles. The van der Waals surface area contributed by atoms with Crippen LogP contribution in [0, 0.1) is 0 Å². The Morgan fingerprint density at radius 3 is 2.83 bits per heavy atom. The van der Waals surface area contributed by atoms with Crippen LogP contribution in [0.3, 0.4) is 0 Å². The van der Waals surface area contributed by atoms with E-state index in [0.29, 0.717) is 12.5 Å². The number of rotatable bonds is 3. The Labute approximate surface area is 105 Å². The fourth-order valence-electron chi connectivity index (χ4n) is 2.37. The first kappa shape index (κ1) is 11.1. The largest absolute Gasteiger partial charge is 0.348 e. The maximum atomic E-state index is 4.40. The van der Waals surface area contributed by atoms with Crippen LogP contribution in [0.15, 0.2) is 12.7 Å². The third-order valence-corrected chi connectivity index (χ3v) is 3.30. The summed E-state index contributed by atoms with van der Waals surface area (Å²) in [5.74, 6) is 0.593. The molecule has 0 saturated carbocycles. The van der Waals surface area contributed by atoms with E-state index >= 15 is 0 Å². The Morgan fingerprint density at radius 1 is 1.11 bits per heavy atom. The second-order valence-electron chi connectivity index (χ2n) is 4.50. The standard InChI is InChI=1S/C12H16N6/c1-2-4-9-10(5-3-1)17-18-11(9)6-14-12-15-7-13-8-16-12/h7-8H,1-6H2,(H,17,18)(H,13,14,15,16). The van der Waals surface area contributed by atoms with Crippen molar-refractivity contribution in [2.75, 3.05) is 5.32 Å². The first-order valence-electron chi connectivity index (χ1n) is 6.34. The summed E-state index contributed by atoms with van der Waals surface area (Å²) in [5, 5.41) is 10.7. The van der Waals surface area contributed by atoms with Crippen molar-refractivity contribution in [2.24, 2.45) is 0 Å². The minimum Gasteiger partial charge on any atom is -0.348 e. The topological polar surface area (TPSA) is 79.4 Å². The third-order valence-electron chi connectivity index (χ3n) is 3.30. The third kappa shape index (κ3) is 2.32. The smallest absolute Gasteiger partial charge is 0.225 e. The van der Waals surface area contributed by atoms with Gasteiger partial charge < -0.3 is 5.32 Å². The van der Waals surface area contributed by atoms with Crippen LogP contribution in [0.5, 0.6) is 0 Å². The summed E-state index contributed by atoms with van der Waals surface area (Å²) < 4.78 is 0. The van der Waals surface area contributed by atoms with Crippen molar-refractivity contribution >= 4 is 5.95 Å². The minimum absolute atomic E-state index is 0.593. The van der Waals surface area contributed by atoms with E-state index < -0.39 is 0 Å². The summed E-state index contributed by atoms with van der Waals surface area (Å²) >= 11 is 0. The molecule has 0 fully saturated rings. The highest BCUT2D eigenvalue weighted by Crippen LogP contribution is 2.21. The van der Waals surface area contributed by atoms with Crippen LogP contribution in [0.4, 0.5) is 5.95 Å². The Bertz CT molecular complexity index is 507. The summed E-state index contributed by atoms with van der Waals surface area (Å²) in [7, 11) is 0. The van der Waals surface area contributed by atoms with Crippen molar-refractivity contribution in [2.45, 2.75) is 38.6 Å². The van der Waals surface area contributed by atoms with Gasteiger partial charge in [0.15, 0.2) is 0 Å². The Morgan fingerprint density at radius 2 is 1.94 bits per heavy atom. The molecular weight excluding hydrogens is 228 g/mol. The van der Waals surface area contributed by atoms with E-state index in [1.54, 1.807) is 0 Å². The summed E-state index contributed by atoms with van der Waals surface area (Å²) in [4.78, 5) is 11.9. The lowest BCUT2D eigenvalue weighted by Gasteiger charge is -2.04. The number of fused-ring (bicyclic) bond motifs is 1. The average Bonchev–Trinajstić information content (AvgIpc) is 2.65. The number of anilines is 1. The van der Waals surface area contributed by atoms with Gasteiger partial charge in [0.2, 0.25) is 5.95 Å². The molecule has 1 aliphatic carbocycles. The van der Waals surface area contributed by atoms with Crippen molar-refractivity contribution in [3.63, 3.8) is 0 Å². The molecule has 0 radical (unpaired) electrons. The zero-order chi connectivity index (χ0) is 12.2. The molecule has 0 unspecified atom stereocenters. The monoisotopic (exact) mass is 244 g/mol. The molecule has 2 N–H and O–H groups in total.